The topological polar surface area (TPSA) is 52.3 Å². The Hall–Kier alpha value is -1.81. The summed E-state index contributed by atoms with van der Waals surface area (Å²) in [5, 5.41) is 0. The highest BCUT2D eigenvalue weighted by atomic mass is 32.1. The molecule has 106 valence electrons. The van der Waals surface area contributed by atoms with Crippen LogP contribution in [0.5, 0.6) is 5.75 Å². The summed E-state index contributed by atoms with van der Waals surface area (Å²) in [6.07, 6.45) is 0. The quantitative estimate of drug-likeness (QED) is 0.689. The summed E-state index contributed by atoms with van der Waals surface area (Å²) in [7, 11) is 1.53. The number of anilines is 1. The second-order valence-corrected chi connectivity index (χ2v) is 6.75. The highest BCUT2D eigenvalue weighted by Crippen LogP contribution is 2.33. The van der Waals surface area contributed by atoms with Gasteiger partial charge in [-0.3, -0.25) is 4.79 Å². The van der Waals surface area contributed by atoms with E-state index in [1.165, 1.54) is 23.3 Å². The van der Waals surface area contributed by atoms with Crippen LogP contribution in [-0.4, -0.2) is 12.9 Å². The van der Waals surface area contributed by atoms with Gasteiger partial charge in [-0.2, -0.15) is 0 Å². The van der Waals surface area contributed by atoms with Crippen LogP contribution in [0.2, 0.25) is 0 Å². The second-order valence-electron chi connectivity index (χ2n) is 5.67. The van der Waals surface area contributed by atoms with E-state index in [2.05, 4.69) is 20.8 Å². The van der Waals surface area contributed by atoms with Crippen molar-refractivity contribution in [1.82, 2.24) is 0 Å². The standard InChI is InChI=1S/C16H19NO2S/c1-16(2,3)13-9-8-12(20-13)14(18)10-6-5-7-11(17)15(10)19-4/h5-9H,17H2,1-4H3. The third kappa shape index (κ3) is 2.70. The van der Waals surface area contributed by atoms with Gasteiger partial charge in [0.05, 0.1) is 23.2 Å². The number of methoxy groups -OCH3 is 1. The maximum atomic E-state index is 12.6. The Labute approximate surface area is 123 Å². The van der Waals surface area contributed by atoms with Crippen molar-refractivity contribution in [1.29, 1.82) is 0 Å². The van der Waals surface area contributed by atoms with E-state index in [9.17, 15) is 4.79 Å². The van der Waals surface area contributed by atoms with E-state index in [0.717, 1.165) is 0 Å². The van der Waals surface area contributed by atoms with Gasteiger partial charge in [-0.1, -0.05) is 26.8 Å². The molecule has 0 aliphatic carbocycles. The molecule has 0 fully saturated rings. The van der Waals surface area contributed by atoms with Gasteiger partial charge in [0.2, 0.25) is 5.78 Å². The average molecular weight is 289 g/mol. The van der Waals surface area contributed by atoms with Gasteiger partial charge in [0.1, 0.15) is 0 Å². The monoisotopic (exact) mass is 289 g/mol. The van der Waals surface area contributed by atoms with Crippen LogP contribution in [0.15, 0.2) is 30.3 Å². The fourth-order valence-electron chi connectivity index (χ4n) is 1.96. The first kappa shape index (κ1) is 14.6. The van der Waals surface area contributed by atoms with Gasteiger partial charge in [-0.25, -0.2) is 0 Å². The normalized spacial score (nSPS) is 11.4. The maximum absolute atomic E-state index is 12.6. The Balaban J connectivity index is 2.42. The summed E-state index contributed by atoms with van der Waals surface area (Å²) in [5.41, 5.74) is 6.88. The molecule has 0 unspecified atom stereocenters. The van der Waals surface area contributed by atoms with Gasteiger partial charge < -0.3 is 10.5 Å². The predicted octanol–water partition coefficient (Wildman–Crippen LogP) is 3.87. The molecule has 3 nitrogen and oxygen atoms in total. The van der Waals surface area contributed by atoms with Crippen molar-refractivity contribution < 1.29 is 9.53 Å². The maximum Gasteiger partial charge on any atom is 0.206 e. The van der Waals surface area contributed by atoms with Crippen LogP contribution >= 0.6 is 11.3 Å². The Morgan fingerprint density at radius 1 is 1.20 bits per heavy atom. The zero-order chi connectivity index (χ0) is 14.9. The lowest BCUT2D eigenvalue weighted by Crippen LogP contribution is -2.08. The second kappa shape index (κ2) is 5.29. The van der Waals surface area contributed by atoms with E-state index in [0.29, 0.717) is 21.9 Å². The lowest BCUT2D eigenvalue weighted by molar-refractivity contribution is 0.103. The first-order valence-corrected chi connectivity index (χ1v) is 7.23. The molecule has 2 aromatic rings. The predicted molar refractivity (Wildman–Crippen MR) is 83.9 cm³/mol. The van der Waals surface area contributed by atoms with Crippen molar-refractivity contribution >= 4 is 22.8 Å². The van der Waals surface area contributed by atoms with E-state index >= 15 is 0 Å². The Morgan fingerprint density at radius 2 is 1.90 bits per heavy atom. The van der Waals surface area contributed by atoms with Crippen LogP contribution in [0.3, 0.4) is 0 Å². The SMILES string of the molecule is COc1c(N)cccc1C(=O)c1ccc(C(C)(C)C)s1. The minimum Gasteiger partial charge on any atom is -0.494 e. The first-order valence-electron chi connectivity index (χ1n) is 6.42. The molecule has 1 aromatic carbocycles. The number of ketones is 1. The molecule has 0 bridgehead atoms. The van der Waals surface area contributed by atoms with E-state index in [-0.39, 0.29) is 11.2 Å². The van der Waals surface area contributed by atoms with Crippen molar-refractivity contribution in [3.63, 3.8) is 0 Å². The van der Waals surface area contributed by atoms with Gasteiger partial charge in [0.15, 0.2) is 5.75 Å². The molecule has 1 heterocycles. The number of carbonyl (C=O) groups is 1. The molecular formula is C16H19NO2S. The van der Waals surface area contributed by atoms with E-state index in [1.54, 1.807) is 18.2 Å². The van der Waals surface area contributed by atoms with Crippen LogP contribution in [-0.2, 0) is 5.41 Å². The van der Waals surface area contributed by atoms with Crippen LogP contribution in [0.4, 0.5) is 5.69 Å². The number of nitrogens with two attached hydrogens (primary N) is 1. The number of thiophene rings is 1. The van der Waals surface area contributed by atoms with E-state index < -0.39 is 0 Å². The zero-order valence-electron chi connectivity index (χ0n) is 12.2. The Morgan fingerprint density at radius 3 is 2.45 bits per heavy atom. The summed E-state index contributed by atoms with van der Waals surface area (Å²) >= 11 is 1.52. The number of hydrogen-bond donors (Lipinski definition) is 1. The summed E-state index contributed by atoms with van der Waals surface area (Å²) in [4.78, 5) is 14.5. The molecule has 0 saturated heterocycles. The summed E-state index contributed by atoms with van der Waals surface area (Å²) in [6.45, 7) is 6.40. The number of benzene rings is 1. The van der Waals surface area contributed by atoms with Gasteiger partial charge in [-0.05, 0) is 29.7 Å². The largest absolute Gasteiger partial charge is 0.494 e. The Bertz CT molecular complexity index is 638. The molecule has 0 aliphatic heterocycles. The average Bonchev–Trinajstić information content (AvgIpc) is 2.87. The number of carbonyl (C=O) groups excluding carboxylic acids is 1. The molecule has 1 aromatic heterocycles. The van der Waals surface area contributed by atoms with Crippen molar-refractivity contribution in [3.8, 4) is 5.75 Å². The molecule has 0 radical (unpaired) electrons. The zero-order valence-corrected chi connectivity index (χ0v) is 13.0. The molecule has 0 saturated carbocycles. The van der Waals surface area contributed by atoms with Crippen molar-refractivity contribution in [3.05, 3.63) is 45.6 Å². The van der Waals surface area contributed by atoms with Crippen LogP contribution in [0.25, 0.3) is 0 Å². The smallest absolute Gasteiger partial charge is 0.206 e. The number of ether oxygens (including phenoxy) is 1. The van der Waals surface area contributed by atoms with Crippen LogP contribution in [0.1, 0.15) is 40.9 Å². The summed E-state index contributed by atoms with van der Waals surface area (Å²) in [6, 6.07) is 9.12. The van der Waals surface area contributed by atoms with E-state index in [1.807, 2.05) is 12.1 Å². The lowest BCUT2D eigenvalue weighted by atomic mass is 9.95. The number of rotatable bonds is 3. The number of nitrogen functional groups attached to an aromatic ring is 1. The van der Waals surface area contributed by atoms with Gasteiger partial charge in [-0.15, -0.1) is 11.3 Å². The van der Waals surface area contributed by atoms with E-state index in [4.69, 9.17) is 10.5 Å². The number of para-hydroxylation sites is 1. The van der Waals surface area contributed by atoms with Gasteiger partial charge in [0.25, 0.3) is 0 Å². The third-order valence-corrected chi connectivity index (χ3v) is 4.57. The van der Waals surface area contributed by atoms with Crippen molar-refractivity contribution in [2.24, 2.45) is 0 Å². The van der Waals surface area contributed by atoms with Crippen molar-refractivity contribution in [2.75, 3.05) is 12.8 Å². The fourth-order valence-corrected chi connectivity index (χ4v) is 2.98. The number of hydrogen-bond acceptors (Lipinski definition) is 4. The fraction of sp³-hybridized carbons (Fsp3) is 0.312. The molecule has 4 heteroatoms. The lowest BCUT2D eigenvalue weighted by Gasteiger charge is -2.15. The molecule has 0 spiro atoms. The molecule has 2 rings (SSSR count). The van der Waals surface area contributed by atoms with Crippen LogP contribution < -0.4 is 10.5 Å². The molecule has 0 aliphatic rings. The highest BCUT2D eigenvalue weighted by Gasteiger charge is 2.21. The molecule has 2 N–H and O–H groups in total. The van der Waals surface area contributed by atoms with Crippen molar-refractivity contribution in [2.45, 2.75) is 26.2 Å². The summed E-state index contributed by atoms with van der Waals surface area (Å²) < 4.78 is 5.25. The molecule has 0 atom stereocenters. The van der Waals surface area contributed by atoms with Crippen LogP contribution in [0, 0.1) is 0 Å². The van der Waals surface area contributed by atoms with Gasteiger partial charge >= 0.3 is 0 Å². The first-order chi connectivity index (χ1) is 9.34. The molecule has 20 heavy (non-hydrogen) atoms. The molecule has 0 amide bonds. The minimum absolute atomic E-state index is 0.0446. The highest BCUT2D eigenvalue weighted by molar-refractivity contribution is 7.14. The third-order valence-electron chi connectivity index (χ3n) is 3.06. The summed E-state index contributed by atoms with van der Waals surface area (Å²) in [5.74, 6) is 0.401. The Kier molecular flexibility index (Phi) is 3.86. The molecular weight excluding hydrogens is 270 g/mol. The van der Waals surface area contributed by atoms with Gasteiger partial charge in [0, 0.05) is 4.88 Å². The minimum atomic E-state index is -0.0466.